The van der Waals surface area contributed by atoms with Crippen LogP contribution in [0.25, 0.3) is 0 Å². The molecule has 2 nitrogen and oxygen atoms in total. The van der Waals surface area contributed by atoms with Gasteiger partial charge in [0.05, 0.1) is 7.11 Å². The van der Waals surface area contributed by atoms with Gasteiger partial charge in [0.2, 0.25) is 0 Å². The predicted octanol–water partition coefficient (Wildman–Crippen LogP) is 4.81. The zero-order chi connectivity index (χ0) is 14.9. The van der Waals surface area contributed by atoms with Crippen LogP contribution >= 0.6 is 27.5 Å². The third kappa shape index (κ3) is 3.00. The Balaban J connectivity index is 2.52. The molecular weight excluding hydrogens is 340 g/mol. The van der Waals surface area contributed by atoms with Crippen LogP contribution in [0, 0.1) is 13.8 Å². The highest BCUT2D eigenvalue weighted by atomic mass is 79.9. The van der Waals surface area contributed by atoms with Gasteiger partial charge in [-0.2, -0.15) is 0 Å². The maximum Gasteiger partial charge on any atom is 0.125 e. The van der Waals surface area contributed by atoms with Crippen LogP contribution in [0.1, 0.15) is 28.4 Å². The average Bonchev–Trinajstić information content (AvgIpc) is 2.40. The van der Waals surface area contributed by atoms with E-state index in [0.717, 1.165) is 15.6 Å². The highest BCUT2D eigenvalue weighted by Crippen LogP contribution is 2.36. The van der Waals surface area contributed by atoms with E-state index in [1.54, 1.807) is 7.11 Å². The van der Waals surface area contributed by atoms with Crippen molar-refractivity contribution in [2.24, 2.45) is 0 Å². The molecule has 106 valence electrons. The summed E-state index contributed by atoms with van der Waals surface area (Å²) in [6, 6.07) is 9.38. The summed E-state index contributed by atoms with van der Waals surface area (Å²) in [5.74, 6) is 0.648. The second-order valence-corrected chi connectivity index (χ2v) is 6.03. The Hall–Kier alpha value is -1.03. The predicted molar refractivity (Wildman–Crippen MR) is 85.7 cm³/mol. The zero-order valence-corrected chi connectivity index (χ0v) is 13.9. The molecule has 20 heavy (non-hydrogen) atoms. The van der Waals surface area contributed by atoms with Crippen molar-refractivity contribution in [2.45, 2.75) is 20.0 Å². The molecule has 2 rings (SSSR count). The number of benzene rings is 2. The lowest BCUT2D eigenvalue weighted by molar-refractivity contribution is 0.214. The van der Waals surface area contributed by atoms with Crippen molar-refractivity contribution in [3.05, 3.63) is 62.1 Å². The quantitative estimate of drug-likeness (QED) is 0.856. The van der Waals surface area contributed by atoms with Gasteiger partial charge in [-0.3, -0.25) is 0 Å². The van der Waals surface area contributed by atoms with E-state index in [4.69, 9.17) is 16.3 Å². The summed E-state index contributed by atoms with van der Waals surface area (Å²) in [4.78, 5) is 0. The third-order valence-electron chi connectivity index (χ3n) is 3.26. The first-order valence-electron chi connectivity index (χ1n) is 6.22. The molecule has 0 aliphatic heterocycles. The van der Waals surface area contributed by atoms with Crippen molar-refractivity contribution in [1.82, 2.24) is 0 Å². The van der Waals surface area contributed by atoms with Gasteiger partial charge in [0.25, 0.3) is 0 Å². The summed E-state index contributed by atoms with van der Waals surface area (Å²) in [7, 11) is 1.59. The number of halogens is 2. The SMILES string of the molecule is COc1cc(C)c(Br)cc1C(O)c1ccc(C)cc1Cl. The number of rotatable bonds is 3. The fourth-order valence-corrected chi connectivity index (χ4v) is 2.78. The van der Waals surface area contributed by atoms with Gasteiger partial charge in [-0.25, -0.2) is 0 Å². The zero-order valence-electron chi connectivity index (χ0n) is 11.6. The first-order chi connectivity index (χ1) is 9.43. The molecule has 0 saturated heterocycles. The second-order valence-electron chi connectivity index (χ2n) is 4.77. The maximum atomic E-state index is 10.6. The van der Waals surface area contributed by atoms with Crippen LogP contribution < -0.4 is 4.74 Å². The molecule has 0 aliphatic rings. The molecule has 0 amide bonds. The first kappa shape index (κ1) is 15.4. The van der Waals surface area contributed by atoms with E-state index in [1.807, 2.05) is 44.2 Å². The van der Waals surface area contributed by atoms with Gasteiger partial charge < -0.3 is 9.84 Å². The van der Waals surface area contributed by atoms with Crippen LogP contribution in [-0.4, -0.2) is 12.2 Å². The Bertz CT molecular complexity index is 641. The molecule has 0 bridgehead atoms. The highest BCUT2D eigenvalue weighted by molar-refractivity contribution is 9.10. The molecule has 4 heteroatoms. The third-order valence-corrected chi connectivity index (χ3v) is 4.44. The number of ether oxygens (including phenoxy) is 1. The Kier molecular flexibility index (Phi) is 4.74. The minimum Gasteiger partial charge on any atom is -0.496 e. The number of aryl methyl sites for hydroxylation is 2. The summed E-state index contributed by atoms with van der Waals surface area (Å²) < 4.78 is 6.29. The van der Waals surface area contributed by atoms with Crippen molar-refractivity contribution < 1.29 is 9.84 Å². The van der Waals surface area contributed by atoms with Crippen molar-refractivity contribution >= 4 is 27.5 Å². The summed E-state index contributed by atoms with van der Waals surface area (Å²) in [6.45, 7) is 3.94. The maximum absolute atomic E-state index is 10.6. The van der Waals surface area contributed by atoms with Gasteiger partial charge in [-0.05, 0) is 43.2 Å². The lowest BCUT2D eigenvalue weighted by atomic mass is 9.98. The molecule has 2 aromatic carbocycles. The van der Waals surface area contributed by atoms with Crippen LogP contribution in [0.15, 0.2) is 34.8 Å². The molecule has 0 fully saturated rings. The van der Waals surface area contributed by atoms with E-state index in [0.29, 0.717) is 21.9 Å². The highest BCUT2D eigenvalue weighted by Gasteiger charge is 2.19. The molecule has 0 heterocycles. The van der Waals surface area contributed by atoms with Gasteiger partial charge in [0.15, 0.2) is 0 Å². The molecule has 0 radical (unpaired) electrons. The van der Waals surface area contributed by atoms with Gasteiger partial charge in [-0.1, -0.05) is 39.7 Å². The fourth-order valence-electron chi connectivity index (χ4n) is 2.08. The van der Waals surface area contributed by atoms with Gasteiger partial charge >= 0.3 is 0 Å². The minimum atomic E-state index is -0.824. The lowest BCUT2D eigenvalue weighted by Crippen LogP contribution is -2.04. The lowest BCUT2D eigenvalue weighted by Gasteiger charge is -2.18. The largest absolute Gasteiger partial charge is 0.496 e. The van der Waals surface area contributed by atoms with E-state index in [9.17, 15) is 5.11 Å². The van der Waals surface area contributed by atoms with Crippen LogP contribution in [0.5, 0.6) is 5.75 Å². The number of hydrogen-bond donors (Lipinski definition) is 1. The first-order valence-corrected chi connectivity index (χ1v) is 7.39. The molecule has 2 aromatic rings. The summed E-state index contributed by atoms with van der Waals surface area (Å²) in [5, 5.41) is 11.2. The summed E-state index contributed by atoms with van der Waals surface area (Å²) in [6.07, 6.45) is -0.824. The average molecular weight is 356 g/mol. The smallest absolute Gasteiger partial charge is 0.125 e. The normalized spacial score (nSPS) is 12.3. The van der Waals surface area contributed by atoms with Crippen molar-refractivity contribution in [3.63, 3.8) is 0 Å². The van der Waals surface area contributed by atoms with Crippen LogP contribution in [0.4, 0.5) is 0 Å². The van der Waals surface area contributed by atoms with Crippen molar-refractivity contribution in [2.75, 3.05) is 7.11 Å². The van der Waals surface area contributed by atoms with E-state index >= 15 is 0 Å². The second kappa shape index (κ2) is 6.17. The van der Waals surface area contributed by atoms with Crippen LogP contribution in [0.2, 0.25) is 5.02 Å². The van der Waals surface area contributed by atoms with Gasteiger partial charge in [-0.15, -0.1) is 0 Å². The molecule has 1 atom stereocenters. The van der Waals surface area contributed by atoms with Crippen molar-refractivity contribution in [3.8, 4) is 5.75 Å². The number of aliphatic hydroxyl groups excluding tert-OH is 1. The fraction of sp³-hybridized carbons (Fsp3) is 0.250. The molecule has 0 saturated carbocycles. The Morgan fingerprint density at radius 2 is 1.85 bits per heavy atom. The van der Waals surface area contributed by atoms with E-state index in [2.05, 4.69) is 15.9 Å². The van der Waals surface area contributed by atoms with Crippen molar-refractivity contribution in [1.29, 1.82) is 0 Å². The molecule has 1 N–H and O–H groups in total. The molecule has 0 aromatic heterocycles. The van der Waals surface area contributed by atoms with E-state index in [-0.39, 0.29) is 0 Å². The van der Waals surface area contributed by atoms with Gasteiger partial charge in [0, 0.05) is 20.6 Å². The van der Waals surface area contributed by atoms with Crippen LogP contribution in [0.3, 0.4) is 0 Å². The van der Waals surface area contributed by atoms with Crippen LogP contribution in [-0.2, 0) is 0 Å². The molecule has 1 unspecified atom stereocenters. The Labute approximate surface area is 132 Å². The summed E-state index contributed by atoms with van der Waals surface area (Å²) in [5.41, 5.74) is 3.47. The molecular formula is C16H16BrClO2. The molecule has 0 spiro atoms. The number of hydrogen-bond acceptors (Lipinski definition) is 2. The monoisotopic (exact) mass is 354 g/mol. The minimum absolute atomic E-state index is 0.552. The topological polar surface area (TPSA) is 29.5 Å². The van der Waals surface area contributed by atoms with E-state index in [1.165, 1.54) is 0 Å². The standard InChI is InChI=1S/C16H16BrClO2/c1-9-4-5-11(14(18)6-9)16(19)12-8-13(17)10(2)7-15(12)20-3/h4-8,16,19H,1-3H3. The summed E-state index contributed by atoms with van der Waals surface area (Å²) >= 11 is 9.71. The molecule has 0 aliphatic carbocycles. The van der Waals surface area contributed by atoms with E-state index < -0.39 is 6.10 Å². The number of methoxy groups -OCH3 is 1. The Morgan fingerprint density at radius 3 is 2.45 bits per heavy atom. The van der Waals surface area contributed by atoms with Gasteiger partial charge in [0.1, 0.15) is 11.9 Å². The number of aliphatic hydroxyl groups is 1. The Morgan fingerprint density at radius 1 is 1.15 bits per heavy atom.